The van der Waals surface area contributed by atoms with Crippen molar-refractivity contribution in [2.75, 3.05) is 0 Å². The van der Waals surface area contributed by atoms with E-state index in [9.17, 15) is 0 Å². The van der Waals surface area contributed by atoms with E-state index in [4.69, 9.17) is 9.98 Å². The minimum Gasteiger partial charge on any atom is -0.344 e. The summed E-state index contributed by atoms with van der Waals surface area (Å²) in [5, 5.41) is 10.1. The van der Waals surface area contributed by atoms with E-state index < -0.39 is 0 Å². The zero-order valence-corrected chi connectivity index (χ0v) is 32.4. The van der Waals surface area contributed by atoms with Crippen LogP contribution in [0.1, 0.15) is 39.7 Å². The molecule has 0 amide bonds. The van der Waals surface area contributed by atoms with Gasteiger partial charge in [-0.25, -0.2) is 9.98 Å². The van der Waals surface area contributed by atoms with Crippen LogP contribution in [0, 0.1) is 0 Å². The Labute approximate surface area is 337 Å². The number of allylic oxidation sites excluding steroid dienone is 1. The molecule has 4 nitrogen and oxygen atoms in total. The molecular formula is C51H34N4S2. The normalized spacial score (nSPS) is 15.5. The van der Waals surface area contributed by atoms with Gasteiger partial charge in [0.2, 0.25) is 0 Å². The number of nitrogens with zero attached hydrogens (tertiary/aromatic N) is 3. The van der Waals surface area contributed by atoms with Crippen molar-refractivity contribution in [3.05, 3.63) is 197 Å². The van der Waals surface area contributed by atoms with Gasteiger partial charge in [-0.05, 0) is 64.7 Å². The van der Waals surface area contributed by atoms with E-state index in [1.807, 2.05) is 34.8 Å². The third kappa shape index (κ3) is 5.18. The van der Waals surface area contributed by atoms with E-state index in [0.717, 1.165) is 41.2 Å². The van der Waals surface area contributed by atoms with Crippen LogP contribution in [0.2, 0.25) is 0 Å². The molecule has 3 aromatic heterocycles. The summed E-state index contributed by atoms with van der Waals surface area (Å²) in [7, 11) is 0. The molecular weight excluding hydrogens is 733 g/mol. The highest BCUT2D eigenvalue weighted by atomic mass is 32.1. The molecule has 6 heteroatoms. The second-order valence-corrected chi connectivity index (χ2v) is 16.9. The van der Waals surface area contributed by atoms with Crippen LogP contribution in [0.3, 0.4) is 0 Å². The first kappa shape index (κ1) is 32.6. The number of thiophene rings is 2. The van der Waals surface area contributed by atoms with Gasteiger partial charge in [0.1, 0.15) is 12.0 Å². The van der Waals surface area contributed by atoms with Crippen LogP contribution in [0.5, 0.6) is 0 Å². The van der Waals surface area contributed by atoms with Gasteiger partial charge in [-0.1, -0.05) is 146 Å². The largest absolute Gasteiger partial charge is 0.344 e. The highest BCUT2D eigenvalue weighted by Gasteiger charge is 2.26. The highest BCUT2D eigenvalue weighted by Crippen LogP contribution is 2.47. The Kier molecular flexibility index (Phi) is 7.43. The maximum Gasteiger partial charge on any atom is 0.160 e. The lowest BCUT2D eigenvalue weighted by atomic mass is 9.96. The standard InChI is InChI=1S/C51H34N4S2/c1-3-14-31(15-4-1)49-52-50(32-16-5-2-6-17-32)54-51(53-49)41-24-12-21-38-37-29-28-33(30-45(37)56-47(38)41)34-20-11-22-39-40-23-13-27-44(48(40)57-46(34)39)55-42-25-9-7-18-35(42)36-19-8-10-26-43(36)55/h1-12,14-22,24-30,49H,13,23H2,(H,52,53,54). The van der Waals surface area contributed by atoms with E-state index in [1.54, 1.807) is 0 Å². The molecule has 1 aliphatic heterocycles. The van der Waals surface area contributed by atoms with Crippen molar-refractivity contribution in [3.8, 4) is 11.1 Å². The van der Waals surface area contributed by atoms with Crippen molar-refractivity contribution in [1.29, 1.82) is 0 Å². The molecule has 0 radical (unpaired) electrons. The molecule has 0 spiro atoms. The number of hydrogen-bond donors (Lipinski definition) is 1. The molecule has 0 fully saturated rings. The van der Waals surface area contributed by atoms with Gasteiger partial charge in [0.05, 0.1) is 21.6 Å². The molecule has 2 aliphatic rings. The quantitative estimate of drug-likeness (QED) is 0.186. The number of amidine groups is 2. The van der Waals surface area contributed by atoms with Gasteiger partial charge in [-0.15, -0.1) is 22.7 Å². The number of nitrogens with one attached hydrogen (secondary N) is 1. The number of para-hydroxylation sites is 2. The van der Waals surface area contributed by atoms with Crippen LogP contribution >= 0.6 is 22.7 Å². The Hall–Kier alpha value is -6.60. The zero-order chi connectivity index (χ0) is 37.5. The van der Waals surface area contributed by atoms with E-state index in [1.165, 1.54) is 79.3 Å². The summed E-state index contributed by atoms with van der Waals surface area (Å²) in [6.07, 6.45) is 4.29. The Bertz CT molecular complexity index is 3270. The van der Waals surface area contributed by atoms with Crippen LogP contribution < -0.4 is 5.32 Å². The van der Waals surface area contributed by atoms with Gasteiger partial charge in [0.15, 0.2) is 5.84 Å². The Balaban J connectivity index is 0.984. The molecule has 1 aliphatic carbocycles. The maximum absolute atomic E-state index is 5.23. The SMILES string of the molecule is C1=C(n2c3ccccc3c3ccccc32)c2sc3c(-c4ccc5c(c4)sc4c(C6=NC(c7ccccc7)NC(c7ccccc7)=N6)cccc45)cccc3c2CC1. The summed E-state index contributed by atoms with van der Waals surface area (Å²) >= 11 is 3.79. The smallest absolute Gasteiger partial charge is 0.160 e. The molecule has 0 bridgehead atoms. The molecule has 270 valence electrons. The van der Waals surface area contributed by atoms with Crippen molar-refractivity contribution in [2.24, 2.45) is 9.98 Å². The monoisotopic (exact) mass is 766 g/mol. The Morgan fingerprint density at radius 2 is 1.23 bits per heavy atom. The van der Waals surface area contributed by atoms with Gasteiger partial charge in [-0.2, -0.15) is 0 Å². The summed E-state index contributed by atoms with van der Waals surface area (Å²) in [4.78, 5) is 11.8. The average molecular weight is 767 g/mol. The first-order valence-corrected chi connectivity index (χ1v) is 21.1. The van der Waals surface area contributed by atoms with E-state index in [-0.39, 0.29) is 6.17 Å². The Morgan fingerprint density at radius 1 is 0.561 bits per heavy atom. The summed E-state index contributed by atoms with van der Waals surface area (Å²) in [5.74, 6) is 1.58. The van der Waals surface area contributed by atoms with Gasteiger partial charge >= 0.3 is 0 Å². The number of rotatable bonds is 5. The van der Waals surface area contributed by atoms with Gasteiger partial charge in [-0.3, -0.25) is 0 Å². The number of aliphatic imine (C=N–C) groups is 2. The van der Waals surface area contributed by atoms with Crippen LogP contribution in [0.4, 0.5) is 0 Å². The first-order valence-electron chi connectivity index (χ1n) is 19.5. The van der Waals surface area contributed by atoms with Crippen molar-refractivity contribution >= 4 is 92.1 Å². The van der Waals surface area contributed by atoms with E-state index in [2.05, 4.69) is 168 Å². The van der Waals surface area contributed by atoms with Crippen molar-refractivity contribution in [1.82, 2.24) is 9.88 Å². The molecule has 12 rings (SSSR count). The van der Waals surface area contributed by atoms with Gasteiger partial charge < -0.3 is 9.88 Å². The molecule has 0 saturated heterocycles. The number of aromatic nitrogens is 1. The van der Waals surface area contributed by atoms with Crippen LogP contribution in [0.15, 0.2) is 180 Å². The lowest BCUT2D eigenvalue weighted by Crippen LogP contribution is -2.33. The van der Waals surface area contributed by atoms with Crippen LogP contribution in [0.25, 0.3) is 68.9 Å². The molecule has 1 N–H and O–H groups in total. The predicted octanol–water partition coefficient (Wildman–Crippen LogP) is 13.4. The van der Waals surface area contributed by atoms with Crippen molar-refractivity contribution < 1.29 is 0 Å². The van der Waals surface area contributed by atoms with Crippen molar-refractivity contribution in [3.63, 3.8) is 0 Å². The van der Waals surface area contributed by atoms with Gasteiger partial charge in [0.25, 0.3) is 0 Å². The molecule has 7 aromatic carbocycles. The fraction of sp³-hybridized carbons (Fsp3) is 0.0588. The molecule has 1 unspecified atom stereocenters. The molecule has 4 heterocycles. The van der Waals surface area contributed by atoms with Crippen LogP contribution in [-0.2, 0) is 6.42 Å². The third-order valence-corrected chi connectivity index (χ3v) is 14.1. The predicted molar refractivity (Wildman–Crippen MR) is 243 cm³/mol. The maximum atomic E-state index is 5.23. The summed E-state index contributed by atoms with van der Waals surface area (Å²) in [6, 6.07) is 58.9. The third-order valence-electron chi connectivity index (χ3n) is 11.6. The number of fused-ring (bicyclic) bond motifs is 9. The average Bonchev–Trinajstić information content (AvgIpc) is 3.96. The molecule has 10 aromatic rings. The fourth-order valence-electron chi connectivity index (χ4n) is 8.93. The molecule has 57 heavy (non-hydrogen) atoms. The zero-order valence-electron chi connectivity index (χ0n) is 30.8. The summed E-state index contributed by atoms with van der Waals surface area (Å²) in [6.45, 7) is 0. The van der Waals surface area contributed by atoms with E-state index >= 15 is 0 Å². The van der Waals surface area contributed by atoms with Gasteiger partial charge in [0, 0.05) is 46.8 Å². The van der Waals surface area contributed by atoms with Crippen LogP contribution in [-0.4, -0.2) is 16.2 Å². The molecule has 0 saturated carbocycles. The lowest BCUT2D eigenvalue weighted by Gasteiger charge is -2.23. The molecule has 1 atom stereocenters. The second kappa shape index (κ2) is 13.0. The van der Waals surface area contributed by atoms with Crippen molar-refractivity contribution in [2.45, 2.75) is 19.0 Å². The highest BCUT2D eigenvalue weighted by molar-refractivity contribution is 7.26. The minimum atomic E-state index is -0.243. The minimum absolute atomic E-state index is 0.243. The summed E-state index contributed by atoms with van der Waals surface area (Å²) in [5.41, 5.74) is 11.0. The Morgan fingerprint density at radius 3 is 2.02 bits per heavy atom. The lowest BCUT2D eigenvalue weighted by molar-refractivity contribution is 0.674. The van der Waals surface area contributed by atoms with E-state index in [0.29, 0.717) is 0 Å². The second-order valence-electron chi connectivity index (χ2n) is 14.8. The first-order chi connectivity index (χ1) is 28.3. The number of hydrogen-bond acceptors (Lipinski definition) is 5. The topological polar surface area (TPSA) is 41.7 Å². The summed E-state index contributed by atoms with van der Waals surface area (Å²) < 4.78 is 6.33. The fourth-order valence-corrected chi connectivity index (χ4v) is 11.6. The number of benzene rings is 7. The number of aryl methyl sites for hydroxylation is 1.